The molecule has 2 aromatic rings. The van der Waals surface area contributed by atoms with Crippen molar-refractivity contribution in [2.75, 3.05) is 5.32 Å². The zero-order valence-electron chi connectivity index (χ0n) is 11.8. The summed E-state index contributed by atoms with van der Waals surface area (Å²) in [4.78, 5) is 16.4. The second-order valence-corrected chi connectivity index (χ2v) is 5.96. The van der Waals surface area contributed by atoms with Gasteiger partial charge in [-0.3, -0.25) is 4.79 Å². The minimum Gasteiger partial charge on any atom is -0.375 e. The number of rotatable bonds is 4. The number of amides is 1. The summed E-state index contributed by atoms with van der Waals surface area (Å²) in [6.45, 7) is 5.59. The molecule has 0 saturated heterocycles. The number of aryl methyl sites for hydroxylation is 2. The third-order valence-electron chi connectivity index (χ3n) is 3.03. The number of benzene rings is 1. The van der Waals surface area contributed by atoms with Crippen LogP contribution in [0.5, 0.6) is 0 Å². The van der Waals surface area contributed by atoms with Crippen LogP contribution in [-0.2, 0) is 0 Å². The van der Waals surface area contributed by atoms with Gasteiger partial charge < -0.3 is 11.1 Å². The molecule has 0 spiro atoms. The van der Waals surface area contributed by atoms with Crippen LogP contribution in [0, 0.1) is 25.5 Å². The first-order valence-electron chi connectivity index (χ1n) is 6.29. The Labute approximate surface area is 125 Å². The van der Waals surface area contributed by atoms with E-state index in [0.717, 1.165) is 21.6 Å². The van der Waals surface area contributed by atoms with Crippen LogP contribution in [0.25, 0.3) is 0 Å². The van der Waals surface area contributed by atoms with Crippen molar-refractivity contribution >= 4 is 22.9 Å². The quantitative estimate of drug-likeness (QED) is 0.910. The first-order chi connectivity index (χ1) is 9.79. The number of thiazole rings is 1. The number of hydrogen-bond acceptors (Lipinski definition) is 4. The number of aromatic nitrogens is 1. The molecule has 0 aliphatic carbocycles. The third kappa shape index (κ3) is 3.18. The highest BCUT2D eigenvalue weighted by Crippen LogP contribution is 2.29. The topological polar surface area (TPSA) is 68.0 Å². The predicted molar refractivity (Wildman–Crippen MR) is 78.5 cm³/mol. The molecule has 112 valence electrons. The average Bonchev–Trinajstić information content (AvgIpc) is 2.71. The van der Waals surface area contributed by atoms with Gasteiger partial charge in [-0.25, -0.2) is 13.8 Å². The van der Waals surface area contributed by atoms with E-state index in [1.807, 2.05) is 20.8 Å². The van der Waals surface area contributed by atoms with E-state index in [4.69, 9.17) is 5.73 Å². The molecule has 0 radical (unpaired) electrons. The van der Waals surface area contributed by atoms with Gasteiger partial charge in [0.15, 0.2) is 0 Å². The average molecular weight is 311 g/mol. The number of carbonyl (C=O) groups excluding carboxylic acids is 1. The highest BCUT2D eigenvalue weighted by molar-refractivity contribution is 7.11. The Morgan fingerprint density at radius 3 is 2.52 bits per heavy atom. The van der Waals surface area contributed by atoms with Gasteiger partial charge in [0.25, 0.3) is 5.91 Å². The Balaban J connectivity index is 2.33. The van der Waals surface area contributed by atoms with Crippen molar-refractivity contribution in [3.8, 4) is 0 Å². The van der Waals surface area contributed by atoms with Gasteiger partial charge in [-0.2, -0.15) is 0 Å². The molecule has 0 aliphatic heterocycles. The van der Waals surface area contributed by atoms with E-state index in [0.29, 0.717) is 6.07 Å². The molecule has 1 unspecified atom stereocenters. The maximum atomic E-state index is 13.8. The van der Waals surface area contributed by atoms with Crippen molar-refractivity contribution in [2.24, 2.45) is 5.73 Å². The minimum atomic E-state index is -0.969. The zero-order chi connectivity index (χ0) is 15.7. The molecule has 1 heterocycles. The second-order valence-electron chi connectivity index (χ2n) is 4.72. The van der Waals surface area contributed by atoms with Gasteiger partial charge in [0, 0.05) is 10.9 Å². The summed E-state index contributed by atoms with van der Waals surface area (Å²) in [5.41, 5.74) is 5.61. The Morgan fingerprint density at radius 1 is 1.33 bits per heavy atom. The molecular formula is C14H15F2N3OS. The summed E-state index contributed by atoms with van der Waals surface area (Å²) in [6, 6.07) is 1.52. The minimum absolute atomic E-state index is 0.0307. The first-order valence-corrected chi connectivity index (χ1v) is 7.10. The van der Waals surface area contributed by atoms with Gasteiger partial charge in [-0.1, -0.05) is 0 Å². The number of carbonyl (C=O) groups is 1. The normalized spacial score (nSPS) is 12.2. The van der Waals surface area contributed by atoms with Crippen molar-refractivity contribution < 1.29 is 13.6 Å². The van der Waals surface area contributed by atoms with Crippen LogP contribution in [-0.4, -0.2) is 10.9 Å². The Kier molecular flexibility index (Phi) is 4.22. The number of nitrogens with one attached hydrogen (secondary N) is 1. The molecule has 2 rings (SSSR count). The van der Waals surface area contributed by atoms with Gasteiger partial charge in [-0.05, 0) is 26.8 Å². The molecule has 1 aromatic heterocycles. The fraction of sp³-hybridized carbons (Fsp3) is 0.286. The van der Waals surface area contributed by atoms with E-state index >= 15 is 0 Å². The van der Waals surface area contributed by atoms with Crippen LogP contribution in [0.1, 0.15) is 38.9 Å². The van der Waals surface area contributed by atoms with Crippen LogP contribution in [0.3, 0.4) is 0 Å². The van der Waals surface area contributed by atoms with E-state index in [1.54, 1.807) is 0 Å². The van der Waals surface area contributed by atoms with Crippen molar-refractivity contribution in [1.82, 2.24) is 4.98 Å². The van der Waals surface area contributed by atoms with Crippen LogP contribution in [0.15, 0.2) is 12.1 Å². The fourth-order valence-electron chi connectivity index (χ4n) is 2.10. The monoisotopic (exact) mass is 311 g/mol. The number of hydrogen-bond donors (Lipinski definition) is 2. The molecule has 0 bridgehead atoms. The van der Waals surface area contributed by atoms with Crippen LogP contribution < -0.4 is 11.1 Å². The molecule has 21 heavy (non-hydrogen) atoms. The Bertz CT molecular complexity index is 700. The fourth-order valence-corrected chi connectivity index (χ4v) is 3.03. The molecule has 1 atom stereocenters. The van der Waals surface area contributed by atoms with E-state index in [2.05, 4.69) is 10.3 Å². The lowest BCUT2D eigenvalue weighted by Gasteiger charge is -2.16. The SMILES string of the molecule is Cc1nc(C)c(C(C)Nc2cc(C(N)=O)c(F)cc2F)s1. The van der Waals surface area contributed by atoms with Crippen molar-refractivity contribution in [1.29, 1.82) is 0 Å². The van der Waals surface area contributed by atoms with Crippen LogP contribution in [0.2, 0.25) is 0 Å². The maximum Gasteiger partial charge on any atom is 0.251 e. The summed E-state index contributed by atoms with van der Waals surface area (Å²) in [5.74, 6) is -2.68. The predicted octanol–water partition coefficient (Wildman–Crippen LogP) is 3.31. The van der Waals surface area contributed by atoms with Crippen molar-refractivity contribution in [3.05, 3.63) is 44.9 Å². The molecule has 1 amide bonds. The van der Waals surface area contributed by atoms with E-state index in [1.165, 1.54) is 11.3 Å². The molecular weight excluding hydrogens is 296 g/mol. The molecule has 0 aliphatic rings. The van der Waals surface area contributed by atoms with Gasteiger partial charge >= 0.3 is 0 Å². The lowest BCUT2D eigenvalue weighted by molar-refractivity contribution is 0.0996. The number of nitrogens with two attached hydrogens (primary N) is 1. The Hall–Kier alpha value is -2.02. The third-order valence-corrected chi connectivity index (χ3v) is 4.28. The van der Waals surface area contributed by atoms with Gasteiger partial charge in [-0.15, -0.1) is 11.3 Å². The second kappa shape index (κ2) is 5.77. The van der Waals surface area contributed by atoms with Crippen molar-refractivity contribution in [2.45, 2.75) is 26.8 Å². The van der Waals surface area contributed by atoms with Gasteiger partial charge in [0.05, 0.1) is 28.0 Å². The summed E-state index contributed by atoms with van der Waals surface area (Å²) < 4.78 is 27.2. The highest BCUT2D eigenvalue weighted by atomic mass is 32.1. The number of halogens is 2. The lowest BCUT2D eigenvalue weighted by atomic mass is 10.1. The molecule has 0 saturated carbocycles. The molecule has 1 aromatic carbocycles. The summed E-state index contributed by atoms with van der Waals surface area (Å²) >= 11 is 1.50. The van der Waals surface area contributed by atoms with Crippen LogP contribution in [0.4, 0.5) is 14.5 Å². The Morgan fingerprint density at radius 2 is 2.00 bits per heavy atom. The number of primary amides is 1. The van der Waals surface area contributed by atoms with E-state index in [9.17, 15) is 13.6 Å². The van der Waals surface area contributed by atoms with E-state index < -0.39 is 17.5 Å². The maximum absolute atomic E-state index is 13.8. The van der Waals surface area contributed by atoms with Crippen molar-refractivity contribution in [3.63, 3.8) is 0 Å². The molecule has 3 N–H and O–H groups in total. The lowest BCUT2D eigenvalue weighted by Crippen LogP contribution is -2.15. The summed E-state index contributed by atoms with van der Waals surface area (Å²) in [7, 11) is 0. The van der Waals surface area contributed by atoms with Gasteiger partial charge in [0.1, 0.15) is 11.6 Å². The molecule has 7 heteroatoms. The summed E-state index contributed by atoms with van der Waals surface area (Å²) in [6.07, 6.45) is 0. The molecule has 4 nitrogen and oxygen atoms in total. The van der Waals surface area contributed by atoms with Crippen LogP contribution >= 0.6 is 11.3 Å². The summed E-state index contributed by atoms with van der Waals surface area (Å²) in [5, 5.41) is 3.83. The standard InChI is InChI=1S/C14H15F2N3OS/c1-6-13(21-8(3)18-6)7(2)19-12-4-9(14(17)20)10(15)5-11(12)16/h4-5,7,19H,1-3H3,(H2,17,20). The smallest absolute Gasteiger partial charge is 0.251 e. The zero-order valence-corrected chi connectivity index (χ0v) is 12.6. The largest absolute Gasteiger partial charge is 0.375 e. The number of nitrogens with zero attached hydrogens (tertiary/aromatic N) is 1. The van der Waals surface area contributed by atoms with Gasteiger partial charge in [0.2, 0.25) is 0 Å². The highest BCUT2D eigenvalue weighted by Gasteiger charge is 2.18. The molecule has 0 fully saturated rings. The first kappa shape index (κ1) is 15.4. The van der Waals surface area contributed by atoms with E-state index in [-0.39, 0.29) is 17.3 Å². The number of anilines is 1.